The summed E-state index contributed by atoms with van der Waals surface area (Å²) in [7, 11) is 2.03. The zero-order chi connectivity index (χ0) is 12.8. The van der Waals surface area contributed by atoms with Crippen molar-refractivity contribution >= 4 is 11.9 Å². The van der Waals surface area contributed by atoms with E-state index in [1.807, 2.05) is 7.05 Å². The highest BCUT2D eigenvalue weighted by Crippen LogP contribution is 2.17. The molecule has 0 amide bonds. The minimum Gasteiger partial charge on any atom is -0.428 e. The van der Waals surface area contributed by atoms with Crippen LogP contribution in [0.15, 0.2) is 0 Å². The lowest BCUT2D eigenvalue weighted by molar-refractivity contribution is -0.173. The number of carbonyl (C=O) groups is 2. The van der Waals surface area contributed by atoms with Crippen LogP contribution in [0.4, 0.5) is 0 Å². The van der Waals surface area contributed by atoms with Gasteiger partial charge in [-0.2, -0.15) is 0 Å². The Kier molecular flexibility index (Phi) is 5.41. The third-order valence-corrected chi connectivity index (χ3v) is 2.93. The van der Waals surface area contributed by atoms with Gasteiger partial charge in [-0.3, -0.25) is 9.59 Å². The Hall–Kier alpha value is -1.10. The highest BCUT2D eigenvalue weighted by atomic mass is 16.7. The Balaban J connectivity index is 2.19. The van der Waals surface area contributed by atoms with Crippen LogP contribution in [0.3, 0.4) is 0 Å². The van der Waals surface area contributed by atoms with Crippen LogP contribution in [0, 0.1) is 11.8 Å². The van der Waals surface area contributed by atoms with E-state index < -0.39 is 0 Å². The van der Waals surface area contributed by atoms with Crippen LogP contribution in [0.25, 0.3) is 0 Å². The second kappa shape index (κ2) is 6.59. The number of esters is 2. The molecule has 0 radical (unpaired) electrons. The van der Waals surface area contributed by atoms with Crippen molar-refractivity contribution in [3.63, 3.8) is 0 Å². The Bertz CT molecular complexity index is 270. The zero-order valence-electron chi connectivity index (χ0n) is 10.8. The van der Waals surface area contributed by atoms with E-state index in [-0.39, 0.29) is 30.6 Å². The van der Waals surface area contributed by atoms with E-state index in [1.54, 1.807) is 13.8 Å². The number of hydrogen-bond donors (Lipinski definition) is 0. The molecule has 1 saturated heterocycles. The number of hydrogen-bond acceptors (Lipinski definition) is 5. The second-order valence-corrected chi connectivity index (χ2v) is 4.78. The van der Waals surface area contributed by atoms with Crippen molar-refractivity contribution in [3.8, 4) is 0 Å². The summed E-state index contributed by atoms with van der Waals surface area (Å²) in [5.41, 5.74) is 0. The molecular weight excluding hydrogens is 222 g/mol. The third kappa shape index (κ3) is 4.73. The van der Waals surface area contributed by atoms with E-state index in [0.29, 0.717) is 0 Å². The fraction of sp³-hybridized carbons (Fsp3) is 0.833. The normalized spacial score (nSPS) is 18.1. The fourth-order valence-corrected chi connectivity index (χ4v) is 1.67. The van der Waals surface area contributed by atoms with Gasteiger partial charge in [-0.05, 0) is 33.0 Å². The highest BCUT2D eigenvalue weighted by molar-refractivity contribution is 5.73. The largest absolute Gasteiger partial charge is 0.428 e. The van der Waals surface area contributed by atoms with E-state index >= 15 is 0 Å². The van der Waals surface area contributed by atoms with E-state index in [9.17, 15) is 9.59 Å². The summed E-state index contributed by atoms with van der Waals surface area (Å²) in [5.74, 6) is -0.850. The predicted molar refractivity (Wildman–Crippen MR) is 62.1 cm³/mol. The SMILES string of the molecule is CC(C)C(=O)OCOC(=O)C1CCN(C)CC1. The van der Waals surface area contributed by atoms with E-state index in [1.165, 1.54) is 0 Å². The quantitative estimate of drug-likeness (QED) is 0.545. The van der Waals surface area contributed by atoms with Crippen LogP contribution in [0.5, 0.6) is 0 Å². The fourth-order valence-electron chi connectivity index (χ4n) is 1.67. The number of ether oxygens (including phenoxy) is 2. The molecule has 1 aliphatic rings. The molecule has 0 spiro atoms. The summed E-state index contributed by atoms with van der Waals surface area (Å²) >= 11 is 0. The van der Waals surface area contributed by atoms with Gasteiger partial charge in [0.25, 0.3) is 0 Å². The van der Waals surface area contributed by atoms with Crippen molar-refractivity contribution in [3.05, 3.63) is 0 Å². The van der Waals surface area contributed by atoms with Gasteiger partial charge < -0.3 is 14.4 Å². The molecule has 0 N–H and O–H groups in total. The number of likely N-dealkylation sites (tertiary alicyclic amines) is 1. The van der Waals surface area contributed by atoms with Gasteiger partial charge in [0.15, 0.2) is 0 Å². The maximum atomic E-state index is 11.6. The maximum Gasteiger partial charge on any atom is 0.311 e. The van der Waals surface area contributed by atoms with Crippen molar-refractivity contribution in [2.24, 2.45) is 11.8 Å². The number of piperidine rings is 1. The van der Waals surface area contributed by atoms with Crippen LogP contribution >= 0.6 is 0 Å². The van der Waals surface area contributed by atoms with Crippen LogP contribution in [0.1, 0.15) is 26.7 Å². The van der Waals surface area contributed by atoms with Crippen LogP contribution in [0.2, 0.25) is 0 Å². The smallest absolute Gasteiger partial charge is 0.311 e. The van der Waals surface area contributed by atoms with E-state index in [2.05, 4.69) is 4.90 Å². The lowest BCUT2D eigenvalue weighted by Crippen LogP contribution is -2.34. The molecule has 0 saturated carbocycles. The molecule has 0 aliphatic carbocycles. The van der Waals surface area contributed by atoms with Gasteiger partial charge in [0.05, 0.1) is 11.8 Å². The highest BCUT2D eigenvalue weighted by Gasteiger charge is 2.24. The molecule has 1 heterocycles. The summed E-state index contributed by atoms with van der Waals surface area (Å²) in [6.45, 7) is 5.03. The summed E-state index contributed by atoms with van der Waals surface area (Å²) in [5, 5.41) is 0. The lowest BCUT2D eigenvalue weighted by atomic mass is 9.97. The molecule has 0 unspecified atom stereocenters. The van der Waals surface area contributed by atoms with Crippen molar-refractivity contribution < 1.29 is 19.1 Å². The first-order chi connectivity index (χ1) is 8.00. The summed E-state index contributed by atoms with van der Waals surface area (Å²) in [4.78, 5) is 24.9. The number of carbonyl (C=O) groups excluding carboxylic acids is 2. The minimum atomic E-state index is -0.346. The molecule has 1 aliphatic heterocycles. The van der Waals surface area contributed by atoms with Crippen molar-refractivity contribution in [2.45, 2.75) is 26.7 Å². The Morgan fingerprint density at radius 2 is 1.82 bits per heavy atom. The number of rotatable bonds is 4. The summed E-state index contributed by atoms with van der Waals surface area (Å²) < 4.78 is 9.73. The van der Waals surface area contributed by atoms with Gasteiger partial charge in [0.1, 0.15) is 0 Å². The predicted octanol–water partition coefficient (Wildman–Crippen LogP) is 1.03. The van der Waals surface area contributed by atoms with Crippen LogP contribution in [-0.2, 0) is 19.1 Å². The summed E-state index contributed by atoms with van der Waals surface area (Å²) in [6, 6.07) is 0. The molecule has 98 valence electrons. The third-order valence-electron chi connectivity index (χ3n) is 2.93. The average molecular weight is 243 g/mol. The Morgan fingerprint density at radius 1 is 1.24 bits per heavy atom. The first-order valence-electron chi connectivity index (χ1n) is 6.02. The van der Waals surface area contributed by atoms with Gasteiger partial charge in [-0.15, -0.1) is 0 Å². The average Bonchev–Trinajstić information content (AvgIpc) is 2.29. The van der Waals surface area contributed by atoms with Gasteiger partial charge in [0, 0.05) is 0 Å². The van der Waals surface area contributed by atoms with E-state index in [0.717, 1.165) is 25.9 Å². The van der Waals surface area contributed by atoms with E-state index in [4.69, 9.17) is 9.47 Å². The lowest BCUT2D eigenvalue weighted by Gasteiger charge is -2.27. The van der Waals surface area contributed by atoms with Crippen molar-refractivity contribution in [1.29, 1.82) is 0 Å². The zero-order valence-corrected chi connectivity index (χ0v) is 10.8. The number of nitrogens with zero attached hydrogens (tertiary/aromatic N) is 1. The molecule has 5 nitrogen and oxygen atoms in total. The van der Waals surface area contributed by atoms with Crippen LogP contribution in [-0.4, -0.2) is 43.8 Å². The van der Waals surface area contributed by atoms with Gasteiger partial charge in [-0.1, -0.05) is 13.8 Å². The molecule has 0 aromatic heterocycles. The summed E-state index contributed by atoms with van der Waals surface area (Å²) in [6.07, 6.45) is 1.63. The Labute approximate surface area is 102 Å². The molecule has 0 aromatic carbocycles. The van der Waals surface area contributed by atoms with Gasteiger partial charge in [0.2, 0.25) is 6.79 Å². The minimum absolute atomic E-state index is 0.0519. The molecule has 1 fully saturated rings. The first kappa shape index (κ1) is 14.0. The molecule has 1 rings (SSSR count). The van der Waals surface area contributed by atoms with Gasteiger partial charge in [-0.25, -0.2) is 0 Å². The van der Waals surface area contributed by atoms with Crippen molar-refractivity contribution in [1.82, 2.24) is 4.90 Å². The Morgan fingerprint density at radius 3 is 2.35 bits per heavy atom. The van der Waals surface area contributed by atoms with Crippen molar-refractivity contribution in [2.75, 3.05) is 26.9 Å². The molecule has 5 heteroatoms. The molecule has 0 atom stereocenters. The molecule has 17 heavy (non-hydrogen) atoms. The van der Waals surface area contributed by atoms with Crippen LogP contribution < -0.4 is 0 Å². The molecule has 0 bridgehead atoms. The maximum absolute atomic E-state index is 11.6. The standard InChI is InChI=1S/C12H21NO4/c1-9(2)11(14)16-8-17-12(15)10-4-6-13(3)7-5-10/h9-10H,4-8H2,1-3H3. The molecule has 0 aromatic rings. The first-order valence-corrected chi connectivity index (χ1v) is 6.02. The molecular formula is C12H21NO4. The topological polar surface area (TPSA) is 55.8 Å². The van der Waals surface area contributed by atoms with Gasteiger partial charge >= 0.3 is 11.9 Å². The second-order valence-electron chi connectivity index (χ2n) is 4.78. The monoisotopic (exact) mass is 243 g/mol.